The smallest absolute Gasteiger partial charge is 0.151 e. The molecule has 0 amide bonds. The molecule has 0 radical (unpaired) electrons. The third kappa shape index (κ3) is 1.28. The minimum Gasteiger partial charge on any atom is -0.356 e. The highest BCUT2D eigenvalue weighted by Crippen LogP contribution is 2.37. The Labute approximate surface area is 74.0 Å². The van der Waals surface area contributed by atoms with Crippen LogP contribution in [0.5, 0.6) is 0 Å². The molecule has 1 saturated heterocycles. The molecule has 2 aliphatic rings. The molecule has 0 N–H and O–H groups in total. The molecular weight excluding hydrogens is 150 g/mol. The van der Waals surface area contributed by atoms with Crippen LogP contribution in [0, 0.1) is 17.8 Å². The Hall–Kier alpha value is -0.370. The van der Waals surface area contributed by atoms with Crippen LogP contribution in [-0.4, -0.2) is 19.0 Å². The van der Waals surface area contributed by atoms with Crippen LogP contribution in [0.4, 0.5) is 0 Å². The van der Waals surface area contributed by atoms with Crippen LogP contribution in [0.1, 0.15) is 26.7 Å². The Morgan fingerprint density at radius 1 is 1.50 bits per heavy atom. The van der Waals surface area contributed by atoms with E-state index in [0.29, 0.717) is 5.92 Å². The fraction of sp³-hybridized carbons (Fsp3) is 0.900. The predicted octanol–water partition coefficient (Wildman–Crippen LogP) is 2.10. The van der Waals surface area contributed by atoms with Crippen molar-refractivity contribution in [2.75, 3.05) is 6.61 Å². The maximum Gasteiger partial charge on any atom is 0.151 e. The van der Waals surface area contributed by atoms with Gasteiger partial charge in [0.15, 0.2) is 6.23 Å². The molecule has 0 spiro atoms. The normalized spacial score (nSPS) is 40.4. The summed E-state index contributed by atoms with van der Waals surface area (Å²) in [5.74, 6) is 2.19. The van der Waals surface area contributed by atoms with E-state index in [4.69, 9.17) is 4.74 Å². The van der Waals surface area contributed by atoms with Crippen LogP contribution in [-0.2, 0) is 4.74 Å². The van der Waals surface area contributed by atoms with Gasteiger partial charge in [-0.15, -0.1) is 0 Å². The maximum absolute atomic E-state index is 5.63. The summed E-state index contributed by atoms with van der Waals surface area (Å²) in [5.41, 5.74) is 0. The lowest BCUT2D eigenvalue weighted by Gasteiger charge is -2.24. The number of hydrogen-bond donors (Lipinski definition) is 0. The van der Waals surface area contributed by atoms with Crippen molar-refractivity contribution in [1.82, 2.24) is 0 Å². The van der Waals surface area contributed by atoms with Gasteiger partial charge in [-0.25, -0.2) is 0 Å². The van der Waals surface area contributed by atoms with Gasteiger partial charge < -0.3 is 4.74 Å². The molecule has 0 saturated carbocycles. The molecule has 0 aliphatic carbocycles. The number of aliphatic imine (C=N–C) groups is 1. The average Bonchev–Trinajstić information content (AvgIpc) is 2.47. The highest BCUT2D eigenvalue weighted by Gasteiger charge is 2.38. The van der Waals surface area contributed by atoms with Gasteiger partial charge >= 0.3 is 0 Å². The zero-order valence-corrected chi connectivity index (χ0v) is 7.86. The van der Waals surface area contributed by atoms with Gasteiger partial charge in [0.05, 0.1) is 6.61 Å². The molecule has 2 nitrogen and oxygen atoms in total. The summed E-state index contributed by atoms with van der Waals surface area (Å²) in [6, 6.07) is 0. The van der Waals surface area contributed by atoms with Gasteiger partial charge in [0.1, 0.15) is 0 Å². The molecule has 2 heteroatoms. The molecule has 3 unspecified atom stereocenters. The Morgan fingerprint density at radius 2 is 2.33 bits per heavy atom. The van der Waals surface area contributed by atoms with E-state index in [9.17, 15) is 0 Å². The molecule has 0 aromatic heterocycles. The molecule has 2 aliphatic heterocycles. The predicted molar refractivity (Wildman–Crippen MR) is 49.3 cm³/mol. The fourth-order valence-electron chi connectivity index (χ4n) is 2.31. The van der Waals surface area contributed by atoms with Crippen LogP contribution < -0.4 is 0 Å². The van der Waals surface area contributed by atoms with E-state index in [1.165, 1.54) is 6.42 Å². The highest BCUT2D eigenvalue weighted by atomic mass is 16.5. The van der Waals surface area contributed by atoms with Crippen molar-refractivity contribution in [3.63, 3.8) is 0 Å². The van der Waals surface area contributed by atoms with Crippen molar-refractivity contribution in [3.8, 4) is 0 Å². The number of hydrogen-bond acceptors (Lipinski definition) is 2. The van der Waals surface area contributed by atoms with E-state index in [2.05, 4.69) is 18.8 Å². The monoisotopic (exact) mass is 167 g/mol. The zero-order valence-electron chi connectivity index (χ0n) is 7.86. The van der Waals surface area contributed by atoms with Gasteiger partial charge in [-0.3, -0.25) is 4.99 Å². The Kier molecular flexibility index (Phi) is 2.18. The average molecular weight is 167 g/mol. The molecule has 2 rings (SSSR count). The van der Waals surface area contributed by atoms with Crippen LogP contribution in [0.2, 0.25) is 0 Å². The van der Waals surface area contributed by atoms with Crippen molar-refractivity contribution in [2.45, 2.75) is 32.9 Å². The third-order valence-electron chi connectivity index (χ3n) is 3.11. The molecule has 3 atom stereocenters. The van der Waals surface area contributed by atoms with Crippen molar-refractivity contribution >= 4 is 6.21 Å². The summed E-state index contributed by atoms with van der Waals surface area (Å²) < 4.78 is 5.63. The summed E-state index contributed by atoms with van der Waals surface area (Å²) in [6.07, 6.45) is 4.64. The second-order valence-corrected chi connectivity index (χ2v) is 4.20. The number of ether oxygens (including phenoxy) is 1. The lowest BCUT2D eigenvalue weighted by atomic mass is 9.81. The first-order valence-corrected chi connectivity index (χ1v) is 4.92. The molecule has 0 bridgehead atoms. The molecular formula is C10H17NO. The second kappa shape index (κ2) is 3.17. The first-order valence-electron chi connectivity index (χ1n) is 4.92. The number of nitrogens with zero attached hydrogens (tertiary/aromatic N) is 1. The molecule has 2 heterocycles. The van der Waals surface area contributed by atoms with E-state index in [1.807, 2.05) is 6.21 Å². The van der Waals surface area contributed by atoms with Gasteiger partial charge in [0.2, 0.25) is 0 Å². The summed E-state index contributed by atoms with van der Waals surface area (Å²) in [6.45, 7) is 5.49. The molecule has 68 valence electrons. The van der Waals surface area contributed by atoms with E-state index >= 15 is 0 Å². The number of fused-ring (bicyclic) bond motifs is 1. The van der Waals surface area contributed by atoms with Crippen molar-refractivity contribution < 1.29 is 4.74 Å². The Bertz CT molecular complexity index is 188. The first kappa shape index (κ1) is 8.24. The van der Waals surface area contributed by atoms with Crippen LogP contribution in [0.15, 0.2) is 4.99 Å². The fourth-order valence-corrected chi connectivity index (χ4v) is 2.31. The summed E-state index contributed by atoms with van der Waals surface area (Å²) >= 11 is 0. The summed E-state index contributed by atoms with van der Waals surface area (Å²) in [4.78, 5) is 4.38. The molecule has 0 aromatic carbocycles. The standard InChI is InChI=1S/C10H17NO/c1-7(2)9-6-12-10-8(9)4-3-5-11-10/h5,7-10H,3-4,6H2,1-2H3. The Morgan fingerprint density at radius 3 is 3.08 bits per heavy atom. The van der Waals surface area contributed by atoms with Gasteiger partial charge in [-0.2, -0.15) is 0 Å². The SMILES string of the molecule is CC(C)C1COC2N=CCCC21. The maximum atomic E-state index is 5.63. The zero-order chi connectivity index (χ0) is 8.55. The minimum absolute atomic E-state index is 0.200. The quantitative estimate of drug-likeness (QED) is 0.586. The van der Waals surface area contributed by atoms with Crippen LogP contribution in [0.3, 0.4) is 0 Å². The van der Waals surface area contributed by atoms with Crippen molar-refractivity contribution in [3.05, 3.63) is 0 Å². The first-order chi connectivity index (χ1) is 5.79. The van der Waals surface area contributed by atoms with Crippen molar-refractivity contribution in [2.24, 2.45) is 22.7 Å². The van der Waals surface area contributed by atoms with Gasteiger partial charge in [-0.05, 0) is 24.7 Å². The lowest BCUT2D eigenvalue weighted by Crippen LogP contribution is -2.25. The van der Waals surface area contributed by atoms with E-state index < -0.39 is 0 Å². The molecule has 1 fully saturated rings. The van der Waals surface area contributed by atoms with E-state index in [0.717, 1.165) is 24.9 Å². The minimum atomic E-state index is 0.200. The van der Waals surface area contributed by atoms with Crippen LogP contribution in [0.25, 0.3) is 0 Å². The highest BCUT2D eigenvalue weighted by molar-refractivity contribution is 5.58. The summed E-state index contributed by atoms with van der Waals surface area (Å²) in [7, 11) is 0. The van der Waals surface area contributed by atoms with Crippen molar-refractivity contribution in [1.29, 1.82) is 0 Å². The number of rotatable bonds is 1. The van der Waals surface area contributed by atoms with E-state index in [-0.39, 0.29) is 6.23 Å². The van der Waals surface area contributed by atoms with Gasteiger partial charge in [0, 0.05) is 12.1 Å². The Balaban J connectivity index is 2.08. The molecule has 0 aromatic rings. The largest absolute Gasteiger partial charge is 0.356 e. The van der Waals surface area contributed by atoms with Gasteiger partial charge in [-0.1, -0.05) is 13.8 Å². The lowest BCUT2D eigenvalue weighted by molar-refractivity contribution is 0.0929. The van der Waals surface area contributed by atoms with Gasteiger partial charge in [0.25, 0.3) is 0 Å². The second-order valence-electron chi connectivity index (χ2n) is 4.20. The van der Waals surface area contributed by atoms with E-state index in [1.54, 1.807) is 0 Å². The molecule has 12 heavy (non-hydrogen) atoms. The third-order valence-corrected chi connectivity index (χ3v) is 3.11. The topological polar surface area (TPSA) is 21.6 Å². The van der Waals surface area contributed by atoms with Crippen LogP contribution >= 0.6 is 0 Å². The summed E-state index contributed by atoms with van der Waals surface area (Å²) in [5, 5.41) is 0.